The van der Waals surface area contributed by atoms with E-state index in [1.54, 1.807) is 20.8 Å². The van der Waals surface area contributed by atoms with Gasteiger partial charge in [-0.05, 0) is 32.3 Å². The highest BCUT2D eigenvalue weighted by Gasteiger charge is 2.28. The number of hydrogen-bond acceptors (Lipinski definition) is 5. The van der Waals surface area contributed by atoms with Gasteiger partial charge in [-0.2, -0.15) is 0 Å². The number of urea groups is 1. The predicted molar refractivity (Wildman–Crippen MR) is 107 cm³/mol. The van der Waals surface area contributed by atoms with Crippen molar-refractivity contribution in [3.05, 3.63) is 35.9 Å². The number of carbonyl (C=O) groups is 3. The number of amides is 3. The van der Waals surface area contributed by atoms with Crippen molar-refractivity contribution in [1.82, 2.24) is 10.2 Å². The third-order valence-electron chi connectivity index (χ3n) is 3.86. The molecule has 0 bridgehead atoms. The number of Topliss-reactive ketones (excluding diaryl/α,β-unsaturated/α-hetero) is 1. The molecule has 0 aromatic heterocycles. The minimum Gasteiger partial charge on any atom is -0.443 e. The Balaban J connectivity index is 2.51. The molecule has 0 aliphatic rings. The monoisotopic (exact) mass is 392 g/mol. The number of ether oxygens (including phenoxy) is 2. The quantitative estimate of drug-likeness (QED) is 0.691. The lowest BCUT2D eigenvalue weighted by molar-refractivity contribution is -0.123. The van der Waals surface area contributed by atoms with Crippen LogP contribution < -0.4 is 5.32 Å². The number of ketones is 1. The van der Waals surface area contributed by atoms with E-state index in [0.717, 1.165) is 16.9 Å². The molecule has 0 aliphatic heterocycles. The van der Waals surface area contributed by atoms with Crippen LogP contribution in [-0.2, 0) is 20.9 Å². The maximum atomic E-state index is 12.4. The maximum Gasteiger partial charge on any atom is 0.418 e. The van der Waals surface area contributed by atoms with Crippen molar-refractivity contribution in [3.8, 4) is 0 Å². The molecule has 1 aromatic rings. The number of benzene rings is 1. The summed E-state index contributed by atoms with van der Waals surface area (Å²) in [5, 5.41) is 2.48. The molecule has 0 radical (unpaired) electrons. The van der Waals surface area contributed by atoms with Gasteiger partial charge in [0.25, 0.3) is 0 Å². The normalized spacial score (nSPS) is 12.2. The van der Waals surface area contributed by atoms with Gasteiger partial charge in [-0.1, -0.05) is 50.6 Å². The summed E-state index contributed by atoms with van der Waals surface area (Å²) >= 11 is 0. The molecule has 28 heavy (non-hydrogen) atoms. The van der Waals surface area contributed by atoms with Crippen LogP contribution in [0.4, 0.5) is 9.59 Å². The molecule has 1 aromatic carbocycles. The topological polar surface area (TPSA) is 84.9 Å². The average molecular weight is 392 g/mol. The van der Waals surface area contributed by atoms with Crippen molar-refractivity contribution in [1.29, 1.82) is 0 Å². The third kappa shape index (κ3) is 9.50. The average Bonchev–Trinajstić information content (AvgIpc) is 2.63. The van der Waals surface area contributed by atoms with Crippen LogP contribution in [0, 0.1) is 5.92 Å². The van der Waals surface area contributed by atoms with E-state index in [1.165, 1.54) is 0 Å². The van der Waals surface area contributed by atoms with Crippen molar-refractivity contribution in [2.45, 2.75) is 53.2 Å². The molecule has 0 spiro atoms. The van der Waals surface area contributed by atoms with E-state index in [0.29, 0.717) is 6.61 Å². The zero-order valence-corrected chi connectivity index (χ0v) is 17.5. The Bertz CT molecular complexity index is 640. The summed E-state index contributed by atoms with van der Waals surface area (Å²) in [4.78, 5) is 37.8. The maximum absolute atomic E-state index is 12.4. The van der Waals surface area contributed by atoms with Crippen LogP contribution in [0.3, 0.4) is 0 Å². The minimum absolute atomic E-state index is 0.114. The fraction of sp³-hybridized carbons (Fsp3) is 0.571. The largest absolute Gasteiger partial charge is 0.443 e. The third-order valence-corrected chi connectivity index (χ3v) is 3.86. The SMILES string of the molecule is CCC(C)CN(C(=O)NCC(=O)COCc1ccccc1)C(=O)OC(C)(C)C. The summed E-state index contributed by atoms with van der Waals surface area (Å²) in [6.45, 7) is 9.32. The Hall–Kier alpha value is -2.41. The summed E-state index contributed by atoms with van der Waals surface area (Å²) in [5.41, 5.74) is 0.246. The van der Waals surface area contributed by atoms with Crippen molar-refractivity contribution in [3.63, 3.8) is 0 Å². The first-order valence-electron chi connectivity index (χ1n) is 9.54. The van der Waals surface area contributed by atoms with Crippen LogP contribution in [0.25, 0.3) is 0 Å². The predicted octanol–water partition coefficient (Wildman–Crippen LogP) is 3.77. The van der Waals surface area contributed by atoms with E-state index in [9.17, 15) is 14.4 Å². The summed E-state index contributed by atoms with van der Waals surface area (Å²) < 4.78 is 10.7. The fourth-order valence-corrected chi connectivity index (χ4v) is 2.18. The Labute approximate surface area is 167 Å². The van der Waals surface area contributed by atoms with Crippen molar-refractivity contribution < 1.29 is 23.9 Å². The van der Waals surface area contributed by atoms with E-state index >= 15 is 0 Å². The summed E-state index contributed by atoms with van der Waals surface area (Å²) in [5.74, 6) is -0.167. The molecule has 1 N–H and O–H groups in total. The van der Waals surface area contributed by atoms with Gasteiger partial charge in [0.2, 0.25) is 0 Å². The molecule has 1 rings (SSSR count). The second kappa shape index (κ2) is 11.4. The lowest BCUT2D eigenvalue weighted by Gasteiger charge is -2.27. The van der Waals surface area contributed by atoms with Crippen LogP contribution in [-0.4, -0.2) is 48.1 Å². The number of nitrogens with one attached hydrogen (secondary N) is 1. The highest BCUT2D eigenvalue weighted by atomic mass is 16.6. The molecule has 0 fully saturated rings. The van der Waals surface area contributed by atoms with Gasteiger partial charge in [0.15, 0.2) is 5.78 Å². The second-order valence-corrected chi connectivity index (χ2v) is 7.78. The Morgan fingerprint density at radius 2 is 1.79 bits per heavy atom. The number of carbonyl (C=O) groups excluding carboxylic acids is 3. The van der Waals surface area contributed by atoms with E-state index in [1.807, 2.05) is 44.2 Å². The molecule has 3 amide bonds. The van der Waals surface area contributed by atoms with Crippen LogP contribution in [0.2, 0.25) is 0 Å². The first-order chi connectivity index (χ1) is 13.1. The van der Waals surface area contributed by atoms with Gasteiger partial charge in [-0.15, -0.1) is 0 Å². The van der Waals surface area contributed by atoms with Crippen molar-refractivity contribution in [2.75, 3.05) is 19.7 Å². The molecule has 156 valence electrons. The van der Waals surface area contributed by atoms with Gasteiger partial charge in [-0.3, -0.25) is 4.79 Å². The number of hydrogen-bond donors (Lipinski definition) is 1. The molecule has 7 heteroatoms. The first kappa shape index (κ1) is 23.6. The highest BCUT2D eigenvalue weighted by Crippen LogP contribution is 2.12. The molecule has 0 saturated carbocycles. The summed E-state index contributed by atoms with van der Waals surface area (Å²) in [6.07, 6.45) is 0.0804. The zero-order chi connectivity index (χ0) is 21.2. The van der Waals surface area contributed by atoms with E-state index in [-0.39, 0.29) is 31.4 Å². The standard InChI is InChI=1S/C21H32N2O5/c1-6-16(2)13-23(20(26)28-21(3,4)5)19(25)22-12-18(24)15-27-14-17-10-8-7-9-11-17/h7-11,16H,6,12-15H2,1-5H3,(H,22,25). The van der Waals surface area contributed by atoms with Gasteiger partial charge < -0.3 is 14.8 Å². The molecule has 0 aliphatic carbocycles. The smallest absolute Gasteiger partial charge is 0.418 e. The minimum atomic E-state index is -0.724. The highest BCUT2D eigenvalue weighted by molar-refractivity contribution is 5.93. The molecule has 7 nitrogen and oxygen atoms in total. The number of imide groups is 1. The lowest BCUT2D eigenvalue weighted by Crippen LogP contribution is -2.49. The van der Waals surface area contributed by atoms with Gasteiger partial charge in [-0.25, -0.2) is 14.5 Å². The van der Waals surface area contributed by atoms with Crippen LogP contribution in [0.15, 0.2) is 30.3 Å². The molecule has 1 unspecified atom stereocenters. The molecule has 0 saturated heterocycles. The Morgan fingerprint density at radius 3 is 2.36 bits per heavy atom. The van der Waals surface area contributed by atoms with E-state index < -0.39 is 17.7 Å². The van der Waals surface area contributed by atoms with Gasteiger partial charge in [0.1, 0.15) is 12.2 Å². The molecular formula is C21H32N2O5. The zero-order valence-electron chi connectivity index (χ0n) is 17.5. The lowest BCUT2D eigenvalue weighted by atomic mass is 10.1. The van der Waals surface area contributed by atoms with E-state index in [2.05, 4.69) is 5.32 Å². The van der Waals surface area contributed by atoms with Gasteiger partial charge >= 0.3 is 12.1 Å². The molecule has 1 atom stereocenters. The first-order valence-corrected chi connectivity index (χ1v) is 9.54. The van der Waals surface area contributed by atoms with Crippen LogP contribution >= 0.6 is 0 Å². The van der Waals surface area contributed by atoms with Crippen molar-refractivity contribution in [2.24, 2.45) is 5.92 Å². The van der Waals surface area contributed by atoms with Crippen LogP contribution in [0.5, 0.6) is 0 Å². The fourth-order valence-electron chi connectivity index (χ4n) is 2.18. The Kier molecular flexibility index (Phi) is 9.65. The molecule has 0 heterocycles. The Morgan fingerprint density at radius 1 is 1.14 bits per heavy atom. The summed E-state index contributed by atoms with van der Waals surface area (Å²) in [6, 6.07) is 8.85. The van der Waals surface area contributed by atoms with E-state index in [4.69, 9.17) is 9.47 Å². The van der Waals surface area contributed by atoms with Crippen molar-refractivity contribution >= 4 is 17.9 Å². The van der Waals surface area contributed by atoms with Gasteiger partial charge in [0.05, 0.1) is 13.2 Å². The summed E-state index contributed by atoms with van der Waals surface area (Å²) in [7, 11) is 0. The van der Waals surface area contributed by atoms with Gasteiger partial charge in [0, 0.05) is 6.54 Å². The van der Waals surface area contributed by atoms with Crippen LogP contribution in [0.1, 0.15) is 46.6 Å². The second-order valence-electron chi connectivity index (χ2n) is 7.78. The molecular weight excluding hydrogens is 360 g/mol. The number of rotatable bonds is 9. The number of nitrogens with zero attached hydrogens (tertiary/aromatic N) is 1.